The first-order chi connectivity index (χ1) is 10.0. The highest BCUT2D eigenvalue weighted by molar-refractivity contribution is 7.91. The fraction of sp³-hybridized carbons (Fsp3) is 0.647. The van der Waals surface area contributed by atoms with Crippen molar-refractivity contribution in [3.63, 3.8) is 0 Å². The van der Waals surface area contributed by atoms with Crippen molar-refractivity contribution >= 4 is 9.84 Å². The van der Waals surface area contributed by atoms with Crippen LogP contribution in [0.5, 0.6) is 0 Å². The van der Waals surface area contributed by atoms with Crippen molar-refractivity contribution in [2.45, 2.75) is 45.1 Å². The summed E-state index contributed by atoms with van der Waals surface area (Å²) in [5.74, 6) is 0.943. The highest BCUT2D eigenvalue weighted by atomic mass is 32.2. The maximum Gasteiger partial charge on any atom is 0.152 e. The first-order valence-corrected chi connectivity index (χ1v) is 9.82. The molecular weight excluding hydrogens is 282 g/mol. The van der Waals surface area contributed by atoms with E-state index in [-0.39, 0.29) is 11.8 Å². The van der Waals surface area contributed by atoms with E-state index in [4.69, 9.17) is 0 Å². The van der Waals surface area contributed by atoms with Gasteiger partial charge in [-0.1, -0.05) is 44.0 Å². The molecule has 21 heavy (non-hydrogen) atoms. The number of nitrogens with one attached hydrogen (secondary N) is 1. The molecule has 1 saturated carbocycles. The van der Waals surface area contributed by atoms with Crippen LogP contribution in [-0.2, 0) is 16.3 Å². The lowest BCUT2D eigenvalue weighted by molar-refractivity contribution is 0.545. The Bertz CT molecular complexity index is 530. The number of rotatable bonds is 7. The number of benzene rings is 1. The third-order valence-corrected chi connectivity index (χ3v) is 6.34. The van der Waals surface area contributed by atoms with E-state index < -0.39 is 9.84 Å². The van der Waals surface area contributed by atoms with Gasteiger partial charge in [0.2, 0.25) is 0 Å². The Balaban J connectivity index is 2.02. The molecule has 1 N–H and O–H groups in total. The summed E-state index contributed by atoms with van der Waals surface area (Å²) in [6, 6.07) is 8.16. The summed E-state index contributed by atoms with van der Waals surface area (Å²) in [4.78, 5) is 0. The van der Waals surface area contributed by atoms with E-state index in [1.165, 1.54) is 18.4 Å². The minimum absolute atomic E-state index is 0.109. The lowest BCUT2D eigenvalue weighted by Gasteiger charge is -2.18. The van der Waals surface area contributed by atoms with Crippen molar-refractivity contribution in [3.8, 4) is 0 Å². The summed E-state index contributed by atoms with van der Waals surface area (Å²) in [5, 5.41) is 3.16. The topological polar surface area (TPSA) is 46.2 Å². The average Bonchev–Trinajstić information content (AvgIpc) is 2.97. The molecule has 0 amide bonds. The molecule has 1 aliphatic rings. The molecule has 2 rings (SSSR count). The molecule has 1 aromatic rings. The van der Waals surface area contributed by atoms with E-state index in [1.807, 2.05) is 19.2 Å². The molecule has 0 spiro atoms. The third-order valence-electron chi connectivity index (χ3n) is 4.52. The molecule has 1 unspecified atom stereocenters. The Morgan fingerprint density at radius 3 is 2.33 bits per heavy atom. The van der Waals surface area contributed by atoms with Gasteiger partial charge in [0, 0.05) is 6.04 Å². The van der Waals surface area contributed by atoms with Crippen LogP contribution >= 0.6 is 0 Å². The van der Waals surface area contributed by atoms with Crippen molar-refractivity contribution in [2.24, 2.45) is 5.92 Å². The highest BCUT2D eigenvalue weighted by Crippen LogP contribution is 2.27. The van der Waals surface area contributed by atoms with Crippen LogP contribution in [0.1, 0.15) is 49.8 Å². The predicted octanol–water partition coefficient (Wildman–Crippen LogP) is 3.11. The summed E-state index contributed by atoms with van der Waals surface area (Å²) in [6.45, 7) is 2.12. The summed E-state index contributed by atoms with van der Waals surface area (Å²) in [5.41, 5.74) is 2.34. The molecule has 0 heterocycles. The fourth-order valence-corrected chi connectivity index (χ4v) is 5.24. The first-order valence-electron chi connectivity index (χ1n) is 8.00. The van der Waals surface area contributed by atoms with E-state index >= 15 is 0 Å². The standard InChI is InChI=1S/C17H27NO2S/c1-3-14-8-10-16(11-9-14)17(18-2)13-21(19,20)12-15-6-4-5-7-15/h8-11,15,17-18H,3-7,12-13H2,1-2H3. The smallest absolute Gasteiger partial charge is 0.152 e. The quantitative estimate of drug-likeness (QED) is 0.842. The maximum absolute atomic E-state index is 12.4. The van der Waals surface area contributed by atoms with Gasteiger partial charge in [-0.25, -0.2) is 8.42 Å². The molecule has 1 aromatic carbocycles. The molecule has 3 nitrogen and oxygen atoms in total. The summed E-state index contributed by atoms with van der Waals surface area (Å²) >= 11 is 0. The molecule has 1 atom stereocenters. The maximum atomic E-state index is 12.4. The highest BCUT2D eigenvalue weighted by Gasteiger charge is 2.25. The number of hydrogen-bond acceptors (Lipinski definition) is 3. The van der Waals surface area contributed by atoms with Gasteiger partial charge in [0.15, 0.2) is 9.84 Å². The molecule has 4 heteroatoms. The van der Waals surface area contributed by atoms with Gasteiger partial charge in [-0.15, -0.1) is 0 Å². The van der Waals surface area contributed by atoms with Crippen LogP contribution < -0.4 is 5.32 Å². The van der Waals surface area contributed by atoms with Gasteiger partial charge in [0.05, 0.1) is 11.5 Å². The van der Waals surface area contributed by atoms with Crippen LogP contribution in [0.3, 0.4) is 0 Å². The van der Waals surface area contributed by atoms with Crippen molar-refractivity contribution in [3.05, 3.63) is 35.4 Å². The van der Waals surface area contributed by atoms with Gasteiger partial charge in [0.25, 0.3) is 0 Å². The van der Waals surface area contributed by atoms with Gasteiger partial charge < -0.3 is 5.32 Å². The van der Waals surface area contributed by atoms with Crippen LogP contribution in [0.25, 0.3) is 0 Å². The number of hydrogen-bond donors (Lipinski definition) is 1. The SMILES string of the molecule is CCc1ccc(C(CS(=O)(=O)CC2CCCC2)NC)cc1. The van der Waals surface area contributed by atoms with E-state index in [1.54, 1.807) is 0 Å². The molecule has 0 bridgehead atoms. The van der Waals surface area contributed by atoms with E-state index in [2.05, 4.69) is 24.4 Å². The molecule has 1 fully saturated rings. The van der Waals surface area contributed by atoms with Crippen LogP contribution in [0.2, 0.25) is 0 Å². The number of sulfone groups is 1. The first kappa shape index (κ1) is 16.5. The molecule has 0 aliphatic heterocycles. The third kappa shape index (κ3) is 4.82. The minimum atomic E-state index is -3.00. The van der Waals surface area contributed by atoms with Crippen LogP contribution in [0, 0.1) is 5.92 Å². The number of aryl methyl sites for hydroxylation is 1. The second kappa shape index (κ2) is 7.41. The van der Waals surface area contributed by atoms with Gasteiger partial charge in [-0.2, -0.15) is 0 Å². The minimum Gasteiger partial charge on any atom is -0.312 e. The Morgan fingerprint density at radius 2 is 1.81 bits per heavy atom. The summed E-state index contributed by atoms with van der Waals surface area (Å²) < 4.78 is 24.8. The average molecular weight is 309 g/mol. The van der Waals surface area contributed by atoms with Crippen LogP contribution in [0.4, 0.5) is 0 Å². The van der Waals surface area contributed by atoms with Gasteiger partial charge >= 0.3 is 0 Å². The zero-order chi connectivity index (χ0) is 15.3. The Hall–Kier alpha value is -0.870. The monoisotopic (exact) mass is 309 g/mol. The molecule has 118 valence electrons. The normalized spacial score (nSPS) is 18.0. The molecule has 0 radical (unpaired) electrons. The zero-order valence-corrected chi connectivity index (χ0v) is 14.0. The van der Waals surface area contributed by atoms with Crippen molar-refractivity contribution in [2.75, 3.05) is 18.6 Å². The molecule has 0 saturated heterocycles. The fourth-order valence-electron chi connectivity index (χ4n) is 3.19. The summed E-state index contributed by atoms with van der Waals surface area (Å²) in [7, 11) is -1.17. The van der Waals surface area contributed by atoms with Gasteiger partial charge in [-0.3, -0.25) is 0 Å². The zero-order valence-electron chi connectivity index (χ0n) is 13.1. The second-order valence-electron chi connectivity index (χ2n) is 6.16. The van der Waals surface area contributed by atoms with E-state index in [0.29, 0.717) is 11.7 Å². The molecule has 0 aromatic heterocycles. The van der Waals surface area contributed by atoms with Gasteiger partial charge in [0.1, 0.15) is 0 Å². The molecular formula is C17H27NO2S. The van der Waals surface area contributed by atoms with E-state index in [9.17, 15) is 8.42 Å². The predicted molar refractivity (Wildman–Crippen MR) is 88.2 cm³/mol. The van der Waals surface area contributed by atoms with Crippen LogP contribution in [0.15, 0.2) is 24.3 Å². The van der Waals surface area contributed by atoms with Crippen molar-refractivity contribution < 1.29 is 8.42 Å². The summed E-state index contributed by atoms with van der Waals surface area (Å²) in [6.07, 6.45) is 5.54. The van der Waals surface area contributed by atoms with Gasteiger partial charge in [-0.05, 0) is 43.4 Å². The Kier molecular flexibility index (Phi) is 5.82. The van der Waals surface area contributed by atoms with E-state index in [0.717, 1.165) is 24.8 Å². The largest absolute Gasteiger partial charge is 0.312 e. The lowest BCUT2D eigenvalue weighted by atomic mass is 10.1. The second-order valence-corrected chi connectivity index (χ2v) is 8.32. The Morgan fingerprint density at radius 1 is 1.19 bits per heavy atom. The Labute approximate surface area is 129 Å². The van der Waals surface area contributed by atoms with Crippen molar-refractivity contribution in [1.82, 2.24) is 5.32 Å². The lowest BCUT2D eigenvalue weighted by Crippen LogP contribution is -2.28. The van der Waals surface area contributed by atoms with Crippen molar-refractivity contribution in [1.29, 1.82) is 0 Å². The molecule has 1 aliphatic carbocycles. The van der Waals surface area contributed by atoms with Crippen LogP contribution in [-0.4, -0.2) is 27.0 Å².